The summed E-state index contributed by atoms with van der Waals surface area (Å²) in [7, 11) is 0. The van der Waals surface area contributed by atoms with Gasteiger partial charge in [0.15, 0.2) is 0 Å². The maximum Gasteiger partial charge on any atom is 0.146 e. The van der Waals surface area contributed by atoms with Gasteiger partial charge in [0.1, 0.15) is 5.65 Å². The van der Waals surface area contributed by atoms with Crippen LogP contribution < -0.4 is 0 Å². The Bertz CT molecular complexity index is 1770. The van der Waals surface area contributed by atoms with Gasteiger partial charge < -0.3 is 0 Å². The van der Waals surface area contributed by atoms with E-state index < -0.39 is 0 Å². The Balaban J connectivity index is 1.52. The lowest BCUT2D eigenvalue weighted by Crippen LogP contribution is -1.97. The molecular formula is C33H24N2. The zero-order valence-corrected chi connectivity index (χ0v) is 19.4. The van der Waals surface area contributed by atoms with E-state index in [1.807, 2.05) is 6.07 Å². The molecule has 1 aliphatic carbocycles. The quantitative estimate of drug-likeness (QED) is 0.265. The molecule has 2 nitrogen and oxygen atoms in total. The zero-order valence-electron chi connectivity index (χ0n) is 19.4. The number of benzene rings is 4. The van der Waals surface area contributed by atoms with Crippen molar-refractivity contribution in [2.24, 2.45) is 0 Å². The molecule has 0 N–H and O–H groups in total. The van der Waals surface area contributed by atoms with E-state index in [1.165, 1.54) is 38.2 Å². The second-order valence-corrected chi connectivity index (χ2v) is 9.14. The molecule has 35 heavy (non-hydrogen) atoms. The van der Waals surface area contributed by atoms with Crippen LogP contribution in [-0.4, -0.2) is 9.55 Å². The minimum Gasteiger partial charge on any atom is -0.293 e. The number of hydrogen-bond acceptors (Lipinski definition) is 1. The standard InChI is InChI=1S/C33H24N2/c1-3-9-23(10-4-1)24-15-18-27(19-16-24)35-32-28-14-8-7-11-25(28)17-20-29(32)30-21-22-31(34-33(30)35)26-12-5-2-6-13-26/h2-3,5-22H,1,4H2. The van der Waals surface area contributed by atoms with Crippen LogP contribution in [0, 0.1) is 0 Å². The van der Waals surface area contributed by atoms with Gasteiger partial charge in [-0.15, -0.1) is 0 Å². The van der Waals surface area contributed by atoms with Crippen molar-refractivity contribution >= 4 is 38.3 Å². The highest BCUT2D eigenvalue weighted by molar-refractivity contribution is 6.18. The number of rotatable bonds is 3. The maximum atomic E-state index is 5.22. The molecule has 0 radical (unpaired) electrons. The molecule has 0 saturated carbocycles. The van der Waals surface area contributed by atoms with Gasteiger partial charge in [-0.2, -0.15) is 0 Å². The van der Waals surface area contributed by atoms with Gasteiger partial charge in [0.2, 0.25) is 0 Å². The van der Waals surface area contributed by atoms with Crippen molar-refractivity contribution in [1.82, 2.24) is 9.55 Å². The predicted molar refractivity (Wildman–Crippen MR) is 148 cm³/mol. The van der Waals surface area contributed by atoms with Gasteiger partial charge in [-0.3, -0.25) is 4.57 Å². The molecule has 0 spiro atoms. The Kier molecular flexibility index (Phi) is 4.63. The van der Waals surface area contributed by atoms with E-state index in [9.17, 15) is 0 Å². The first kappa shape index (κ1) is 20.0. The Labute approximate surface area is 204 Å². The number of allylic oxidation sites excluding steroid dienone is 4. The highest BCUT2D eigenvalue weighted by Crippen LogP contribution is 2.37. The molecule has 0 unspecified atom stereocenters. The molecule has 0 fully saturated rings. The lowest BCUT2D eigenvalue weighted by molar-refractivity contribution is 1.04. The first-order chi connectivity index (χ1) is 17.4. The number of pyridine rings is 1. The van der Waals surface area contributed by atoms with Gasteiger partial charge in [-0.1, -0.05) is 97.1 Å². The fourth-order valence-corrected chi connectivity index (χ4v) is 5.30. The first-order valence-electron chi connectivity index (χ1n) is 12.2. The van der Waals surface area contributed by atoms with E-state index in [1.54, 1.807) is 0 Å². The van der Waals surface area contributed by atoms with E-state index in [0.717, 1.165) is 35.4 Å². The SMILES string of the molecule is C1=CC(c2ccc(-n3c4nc(-c5ccccc5)ccc4c4ccc5ccccc5c43)cc2)=CCC1. The summed E-state index contributed by atoms with van der Waals surface area (Å²) in [6.45, 7) is 0. The largest absolute Gasteiger partial charge is 0.293 e. The van der Waals surface area contributed by atoms with Crippen LogP contribution in [0.1, 0.15) is 18.4 Å². The first-order valence-corrected chi connectivity index (χ1v) is 12.2. The molecule has 0 aliphatic heterocycles. The highest BCUT2D eigenvalue weighted by atomic mass is 15.0. The summed E-state index contributed by atoms with van der Waals surface area (Å²) in [5.74, 6) is 0. The Morgan fingerprint density at radius 3 is 2.23 bits per heavy atom. The average molecular weight is 449 g/mol. The molecule has 0 bridgehead atoms. The third-order valence-corrected chi connectivity index (χ3v) is 7.02. The van der Waals surface area contributed by atoms with Crippen LogP contribution in [0.2, 0.25) is 0 Å². The number of fused-ring (bicyclic) bond motifs is 5. The molecule has 2 heterocycles. The van der Waals surface area contributed by atoms with Crippen molar-refractivity contribution in [3.63, 3.8) is 0 Å². The van der Waals surface area contributed by atoms with E-state index in [-0.39, 0.29) is 0 Å². The number of nitrogens with zero attached hydrogens (tertiary/aromatic N) is 2. The van der Waals surface area contributed by atoms with Gasteiger partial charge in [0, 0.05) is 27.4 Å². The third kappa shape index (κ3) is 3.30. The summed E-state index contributed by atoms with van der Waals surface area (Å²) in [4.78, 5) is 5.22. The maximum absolute atomic E-state index is 5.22. The van der Waals surface area contributed by atoms with Gasteiger partial charge in [0.05, 0.1) is 11.2 Å². The molecule has 2 aromatic heterocycles. The molecule has 166 valence electrons. The van der Waals surface area contributed by atoms with Crippen molar-refractivity contribution in [3.8, 4) is 16.9 Å². The van der Waals surface area contributed by atoms with Crippen molar-refractivity contribution in [2.45, 2.75) is 12.8 Å². The van der Waals surface area contributed by atoms with E-state index in [0.29, 0.717) is 0 Å². The summed E-state index contributed by atoms with van der Waals surface area (Å²) in [6, 6.07) is 36.8. The molecule has 1 aliphatic rings. The van der Waals surface area contributed by atoms with Gasteiger partial charge in [-0.05, 0) is 53.6 Å². The highest BCUT2D eigenvalue weighted by Gasteiger charge is 2.17. The Morgan fingerprint density at radius 1 is 0.600 bits per heavy atom. The van der Waals surface area contributed by atoms with Crippen LogP contribution >= 0.6 is 0 Å². The van der Waals surface area contributed by atoms with E-state index in [4.69, 9.17) is 4.98 Å². The summed E-state index contributed by atoms with van der Waals surface area (Å²) in [5.41, 5.74) is 8.00. The van der Waals surface area contributed by atoms with Crippen LogP contribution in [0.3, 0.4) is 0 Å². The summed E-state index contributed by atoms with van der Waals surface area (Å²) < 4.78 is 2.34. The van der Waals surface area contributed by atoms with Crippen LogP contribution in [-0.2, 0) is 0 Å². The molecule has 0 atom stereocenters. The lowest BCUT2D eigenvalue weighted by atomic mass is 9.99. The van der Waals surface area contributed by atoms with Crippen LogP contribution in [0.15, 0.2) is 121 Å². The van der Waals surface area contributed by atoms with Gasteiger partial charge in [-0.25, -0.2) is 4.98 Å². The Hall–Kier alpha value is -4.43. The molecule has 7 rings (SSSR count). The fourth-order valence-electron chi connectivity index (χ4n) is 5.30. The monoisotopic (exact) mass is 448 g/mol. The topological polar surface area (TPSA) is 17.8 Å². The van der Waals surface area contributed by atoms with Gasteiger partial charge >= 0.3 is 0 Å². The van der Waals surface area contributed by atoms with Crippen LogP contribution in [0.5, 0.6) is 0 Å². The molecule has 6 aromatic rings. The second kappa shape index (κ2) is 8.11. The molecule has 4 aromatic carbocycles. The minimum absolute atomic E-state index is 0.987. The average Bonchev–Trinajstić information content (AvgIpc) is 3.28. The Morgan fingerprint density at radius 2 is 1.40 bits per heavy atom. The van der Waals surface area contributed by atoms with Gasteiger partial charge in [0.25, 0.3) is 0 Å². The van der Waals surface area contributed by atoms with E-state index in [2.05, 4.69) is 120 Å². The van der Waals surface area contributed by atoms with Crippen molar-refractivity contribution in [2.75, 3.05) is 0 Å². The van der Waals surface area contributed by atoms with Crippen molar-refractivity contribution in [1.29, 1.82) is 0 Å². The molecule has 2 heteroatoms. The smallest absolute Gasteiger partial charge is 0.146 e. The number of hydrogen-bond donors (Lipinski definition) is 0. The zero-order chi connectivity index (χ0) is 23.2. The van der Waals surface area contributed by atoms with Crippen LogP contribution in [0.4, 0.5) is 0 Å². The lowest BCUT2D eigenvalue weighted by Gasteiger charge is -2.12. The summed E-state index contributed by atoms with van der Waals surface area (Å²) >= 11 is 0. The molecule has 0 saturated heterocycles. The van der Waals surface area contributed by atoms with Crippen molar-refractivity contribution in [3.05, 3.63) is 127 Å². The van der Waals surface area contributed by atoms with Crippen LogP contribution in [0.25, 0.3) is 55.2 Å². The fraction of sp³-hybridized carbons (Fsp3) is 0.0606. The van der Waals surface area contributed by atoms with E-state index >= 15 is 0 Å². The molecular weight excluding hydrogens is 424 g/mol. The second-order valence-electron chi connectivity index (χ2n) is 9.14. The summed E-state index contributed by atoms with van der Waals surface area (Å²) in [6.07, 6.45) is 9.07. The molecule has 0 amide bonds. The predicted octanol–water partition coefficient (Wildman–Crippen LogP) is 8.73. The third-order valence-electron chi connectivity index (χ3n) is 7.02. The normalized spacial score (nSPS) is 13.5. The summed E-state index contributed by atoms with van der Waals surface area (Å²) in [5, 5.41) is 4.88. The minimum atomic E-state index is 0.987. The number of aromatic nitrogens is 2. The van der Waals surface area contributed by atoms with Crippen molar-refractivity contribution < 1.29 is 0 Å².